The van der Waals surface area contributed by atoms with E-state index >= 15 is 0 Å². The number of allylic oxidation sites excluding steroid dienone is 2. The molecule has 2 unspecified atom stereocenters. The Morgan fingerprint density at radius 2 is 1.66 bits per heavy atom. The molecule has 164 valence electrons. The Bertz CT molecular complexity index is 1110. The van der Waals surface area contributed by atoms with Crippen molar-refractivity contribution in [2.24, 2.45) is 11.8 Å². The molecule has 1 aliphatic heterocycles. The first kappa shape index (κ1) is 21.3. The number of nitrogens with one attached hydrogen (secondary N) is 3. The van der Waals surface area contributed by atoms with Gasteiger partial charge in [-0.05, 0) is 49.2 Å². The third-order valence-corrected chi connectivity index (χ3v) is 5.62. The lowest BCUT2D eigenvalue weighted by molar-refractivity contribution is -0.139. The summed E-state index contributed by atoms with van der Waals surface area (Å²) >= 11 is 0. The van der Waals surface area contributed by atoms with Gasteiger partial charge in [-0.25, -0.2) is 5.01 Å². The normalized spacial score (nSPS) is 19.7. The van der Waals surface area contributed by atoms with Crippen molar-refractivity contribution in [1.29, 1.82) is 0 Å². The van der Waals surface area contributed by atoms with Crippen molar-refractivity contribution in [3.05, 3.63) is 66.2 Å². The highest BCUT2D eigenvalue weighted by molar-refractivity contribution is 6.07. The number of fused-ring (bicyclic) bond motifs is 1. The molecule has 2 aromatic carbocycles. The number of rotatable bonds is 5. The number of amides is 4. The molecule has 8 heteroatoms. The van der Waals surface area contributed by atoms with Crippen LogP contribution in [0, 0.1) is 11.8 Å². The van der Waals surface area contributed by atoms with Crippen LogP contribution in [0.25, 0.3) is 0 Å². The SMILES string of the molecule is CCC(=O)Nc1cccc(NC(=O)c2cccc(N3NC(=O)C4CC=CCC4C3=O)c2)c1. The molecule has 4 rings (SSSR count). The van der Waals surface area contributed by atoms with Gasteiger partial charge in [0, 0.05) is 23.4 Å². The minimum absolute atomic E-state index is 0.120. The highest BCUT2D eigenvalue weighted by Crippen LogP contribution is 2.32. The fraction of sp³-hybridized carbons (Fsp3) is 0.250. The van der Waals surface area contributed by atoms with E-state index < -0.39 is 5.92 Å². The van der Waals surface area contributed by atoms with Gasteiger partial charge < -0.3 is 10.6 Å². The third kappa shape index (κ3) is 4.39. The zero-order valence-corrected chi connectivity index (χ0v) is 17.6. The van der Waals surface area contributed by atoms with Gasteiger partial charge in [0.2, 0.25) is 17.7 Å². The molecule has 1 fully saturated rings. The molecule has 3 N–H and O–H groups in total. The van der Waals surface area contributed by atoms with Crippen molar-refractivity contribution < 1.29 is 19.2 Å². The summed E-state index contributed by atoms with van der Waals surface area (Å²) in [5.74, 6) is -1.62. The molecule has 4 amide bonds. The average molecular weight is 432 g/mol. The lowest BCUT2D eigenvalue weighted by atomic mass is 9.80. The number of nitrogens with zero attached hydrogens (tertiary/aromatic N) is 1. The molecule has 32 heavy (non-hydrogen) atoms. The van der Waals surface area contributed by atoms with E-state index in [9.17, 15) is 19.2 Å². The quantitative estimate of drug-likeness (QED) is 0.631. The Hall–Kier alpha value is -3.94. The van der Waals surface area contributed by atoms with Crippen LogP contribution >= 0.6 is 0 Å². The summed E-state index contributed by atoms with van der Waals surface area (Å²) in [4.78, 5) is 49.9. The fourth-order valence-electron chi connectivity index (χ4n) is 3.90. The number of carbonyl (C=O) groups is 4. The highest BCUT2D eigenvalue weighted by Gasteiger charge is 2.42. The second-order valence-electron chi connectivity index (χ2n) is 7.79. The molecule has 1 heterocycles. The zero-order valence-electron chi connectivity index (χ0n) is 17.6. The lowest BCUT2D eigenvalue weighted by Gasteiger charge is -2.38. The van der Waals surface area contributed by atoms with Crippen LogP contribution in [0.1, 0.15) is 36.5 Å². The first-order valence-corrected chi connectivity index (χ1v) is 10.6. The Morgan fingerprint density at radius 1 is 0.969 bits per heavy atom. The van der Waals surface area contributed by atoms with Gasteiger partial charge in [-0.2, -0.15) is 0 Å². The molecule has 0 spiro atoms. The number of hydrogen-bond acceptors (Lipinski definition) is 4. The van der Waals surface area contributed by atoms with Crippen LogP contribution in [0.2, 0.25) is 0 Å². The summed E-state index contributed by atoms with van der Waals surface area (Å²) in [5.41, 5.74) is 4.53. The summed E-state index contributed by atoms with van der Waals surface area (Å²) in [7, 11) is 0. The number of hydrogen-bond donors (Lipinski definition) is 3. The fourth-order valence-corrected chi connectivity index (χ4v) is 3.90. The van der Waals surface area contributed by atoms with Crippen molar-refractivity contribution in [2.75, 3.05) is 15.6 Å². The van der Waals surface area contributed by atoms with E-state index in [-0.39, 0.29) is 29.5 Å². The molecule has 0 saturated carbocycles. The number of carbonyl (C=O) groups excluding carboxylic acids is 4. The highest BCUT2D eigenvalue weighted by atomic mass is 16.2. The molecule has 8 nitrogen and oxygen atoms in total. The minimum Gasteiger partial charge on any atom is -0.326 e. The summed E-state index contributed by atoms with van der Waals surface area (Å²) in [6.07, 6.45) is 5.29. The Morgan fingerprint density at radius 3 is 2.41 bits per heavy atom. The van der Waals surface area contributed by atoms with Crippen LogP contribution in [0.4, 0.5) is 17.1 Å². The van der Waals surface area contributed by atoms with Crippen molar-refractivity contribution in [3.63, 3.8) is 0 Å². The van der Waals surface area contributed by atoms with Crippen molar-refractivity contribution in [3.8, 4) is 0 Å². The summed E-state index contributed by atoms with van der Waals surface area (Å²) in [6.45, 7) is 1.76. The van der Waals surface area contributed by atoms with Gasteiger partial charge in [0.05, 0.1) is 17.5 Å². The van der Waals surface area contributed by atoms with Gasteiger partial charge in [-0.15, -0.1) is 0 Å². The molecular formula is C24H24N4O4. The van der Waals surface area contributed by atoms with Crippen molar-refractivity contribution >= 4 is 40.7 Å². The molecule has 1 saturated heterocycles. The van der Waals surface area contributed by atoms with Crippen LogP contribution in [-0.4, -0.2) is 23.6 Å². The molecule has 2 aromatic rings. The summed E-state index contributed by atoms with van der Waals surface area (Å²) in [6, 6.07) is 13.4. The van der Waals surface area contributed by atoms with Crippen LogP contribution in [-0.2, 0) is 14.4 Å². The second-order valence-corrected chi connectivity index (χ2v) is 7.79. The molecule has 0 aromatic heterocycles. The molecule has 0 bridgehead atoms. The number of hydrazine groups is 1. The molecule has 1 aliphatic carbocycles. The van der Waals surface area contributed by atoms with Crippen LogP contribution in [0.15, 0.2) is 60.7 Å². The van der Waals surface area contributed by atoms with Crippen molar-refractivity contribution in [1.82, 2.24) is 5.43 Å². The zero-order chi connectivity index (χ0) is 22.7. The van der Waals surface area contributed by atoms with Gasteiger partial charge in [0.25, 0.3) is 5.91 Å². The minimum atomic E-state index is -0.396. The molecule has 2 atom stereocenters. The van der Waals surface area contributed by atoms with E-state index in [2.05, 4.69) is 16.1 Å². The van der Waals surface area contributed by atoms with E-state index in [4.69, 9.17) is 0 Å². The maximum absolute atomic E-state index is 13.0. The van der Waals surface area contributed by atoms with Gasteiger partial charge in [0.15, 0.2) is 0 Å². The van der Waals surface area contributed by atoms with E-state index in [1.165, 1.54) is 5.01 Å². The topological polar surface area (TPSA) is 108 Å². The number of anilines is 3. The van der Waals surface area contributed by atoms with Gasteiger partial charge in [0.1, 0.15) is 0 Å². The first-order chi connectivity index (χ1) is 15.5. The van der Waals surface area contributed by atoms with E-state index in [1.807, 2.05) is 12.2 Å². The van der Waals surface area contributed by atoms with Crippen molar-refractivity contribution in [2.45, 2.75) is 26.2 Å². The monoisotopic (exact) mass is 432 g/mol. The smallest absolute Gasteiger partial charge is 0.255 e. The predicted octanol–water partition coefficient (Wildman–Crippen LogP) is 3.25. The van der Waals surface area contributed by atoms with Gasteiger partial charge in [-0.1, -0.05) is 31.2 Å². The third-order valence-electron chi connectivity index (χ3n) is 5.62. The Balaban J connectivity index is 1.51. The van der Waals surface area contributed by atoms with Gasteiger partial charge in [-0.3, -0.25) is 24.6 Å². The average Bonchev–Trinajstić information content (AvgIpc) is 2.81. The van der Waals surface area contributed by atoms with E-state index in [0.29, 0.717) is 41.9 Å². The van der Waals surface area contributed by atoms with Crippen LogP contribution < -0.4 is 21.1 Å². The molecular weight excluding hydrogens is 408 g/mol. The van der Waals surface area contributed by atoms with E-state index in [0.717, 1.165) is 0 Å². The first-order valence-electron chi connectivity index (χ1n) is 10.6. The maximum atomic E-state index is 13.0. The van der Waals surface area contributed by atoms with Crippen LogP contribution in [0.3, 0.4) is 0 Å². The van der Waals surface area contributed by atoms with Crippen LogP contribution in [0.5, 0.6) is 0 Å². The predicted molar refractivity (Wildman–Crippen MR) is 121 cm³/mol. The standard InChI is InChI=1S/C24H24N4O4/c1-2-21(29)25-16-8-6-9-17(14-16)26-22(30)15-7-5-10-18(13-15)28-24(32)20-12-4-3-11-19(20)23(31)27-28/h3-10,13-14,19-20H,2,11-12H2,1H3,(H,25,29)(H,26,30)(H,27,31). The summed E-state index contributed by atoms with van der Waals surface area (Å²) < 4.78 is 0. The number of benzene rings is 2. The van der Waals surface area contributed by atoms with E-state index in [1.54, 1.807) is 55.5 Å². The molecule has 0 radical (unpaired) electrons. The Labute approximate surface area is 185 Å². The molecule has 2 aliphatic rings. The lowest BCUT2D eigenvalue weighted by Crippen LogP contribution is -2.59. The Kier molecular flexibility index (Phi) is 6.02. The summed E-state index contributed by atoms with van der Waals surface area (Å²) in [5, 5.41) is 6.78. The van der Waals surface area contributed by atoms with Gasteiger partial charge >= 0.3 is 0 Å². The second kappa shape index (κ2) is 9.05. The largest absolute Gasteiger partial charge is 0.326 e. The maximum Gasteiger partial charge on any atom is 0.255 e.